The Bertz CT molecular complexity index is 1710. The van der Waals surface area contributed by atoms with E-state index in [0.29, 0.717) is 22.6 Å². The number of aromatic nitrogens is 4. The number of aliphatic hydroxyl groups excluding tert-OH is 1. The van der Waals surface area contributed by atoms with Gasteiger partial charge in [0.05, 0.1) is 16.7 Å². The number of aryl methyl sites for hydroxylation is 1. The average Bonchev–Trinajstić information content (AvgIpc) is 3.50. The summed E-state index contributed by atoms with van der Waals surface area (Å²) in [6.07, 6.45) is 4.74. The summed E-state index contributed by atoms with van der Waals surface area (Å²) in [5, 5.41) is 26.4. The zero-order valence-corrected chi connectivity index (χ0v) is 22.6. The molecule has 3 aromatic heterocycles. The van der Waals surface area contributed by atoms with E-state index < -0.39 is 6.10 Å². The molecule has 1 fully saturated rings. The van der Waals surface area contributed by atoms with Gasteiger partial charge in [0.15, 0.2) is 5.88 Å². The zero-order valence-electron chi connectivity index (χ0n) is 22.6. The van der Waals surface area contributed by atoms with Gasteiger partial charge in [-0.15, -0.1) is 0 Å². The number of anilines is 1. The van der Waals surface area contributed by atoms with Crippen LogP contribution in [0.3, 0.4) is 0 Å². The van der Waals surface area contributed by atoms with Crippen LogP contribution in [0.15, 0.2) is 59.7 Å². The Kier molecular flexibility index (Phi) is 6.95. The highest BCUT2D eigenvalue weighted by molar-refractivity contribution is 5.99. The van der Waals surface area contributed by atoms with Crippen molar-refractivity contribution < 1.29 is 14.9 Å². The highest BCUT2D eigenvalue weighted by atomic mass is 16.5. The van der Waals surface area contributed by atoms with Crippen LogP contribution in [0.1, 0.15) is 24.4 Å². The molecule has 10 nitrogen and oxygen atoms in total. The Balaban J connectivity index is 1.23. The molecule has 0 saturated carbocycles. The van der Waals surface area contributed by atoms with Gasteiger partial charge in [0.25, 0.3) is 5.56 Å². The summed E-state index contributed by atoms with van der Waals surface area (Å²) in [6, 6.07) is 13.5. The molecule has 6 rings (SSSR count). The minimum absolute atomic E-state index is 0.109. The van der Waals surface area contributed by atoms with Crippen LogP contribution in [0.25, 0.3) is 33.2 Å². The van der Waals surface area contributed by atoms with E-state index in [1.807, 2.05) is 54.1 Å². The third-order valence-corrected chi connectivity index (χ3v) is 7.75. The Hall–Kier alpha value is -4.28. The number of hydrogen-bond donors (Lipinski definition) is 5. The van der Waals surface area contributed by atoms with Crippen molar-refractivity contribution in [1.82, 2.24) is 24.4 Å². The van der Waals surface area contributed by atoms with Crippen LogP contribution >= 0.6 is 0 Å². The number of para-hydroxylation sites is 1. The Morgan fingerprint density at radius 3 is 2.80 bits per heavy atom. The van der Waals surface area contributed by atoms with E-state index in [9.17, 15) is 15.0 Å². The van der Waals surface area contributed by atoms with Crippen LogP contribution in [-0.4, -0.2) is 74.0 Å². The number of fused-ring (bicyclic) bond motifs is 2. The fraction of sp³-hybridized carbons (Fsp3) is 0.333. The summed E-state index contributed by atoms with van der Waals surface area (Å²) in [5.74, 6) is 1.38. The van der Waals surface area contributed by atoms with Gasteiger partial charge in [0, 0.05) is 35.8 Å². The van der Waals surface area contributed by atoms with Crippen molar-refractivity contribution in [3.05, 3.63) is 70.8 Å². The van der Waals surface area contributed by atoms with Crippen molar-refractivity contribution in [2.24, 2.45) is 0 Å². The lowest BCUT2D eigenvalue weighted by Gasteiger charge is -2.30. The lowest BCUT2D eigenvalue weighted by Crippen LogP contribution is -2.31. The Morgan fingerprint density at radius 2 is 2.00 bits per heavy atom. The van der Waals surface area contributed by atoms with Crippen LogP contribution in [0.5, 0.6) is 11.6 Å². The first-order chi connectivity index (χ1) is 19.4. The van der Waals surface area contributed by atoms with E-state index in [0.717, 1.165) is 53.5 Å². The summed E-state index contributed by atoms with van der Waals surface area (Å²) in [6.45, 7) is 4.25. The monoisotopic (exact) mass is 542 g/mol. The molecular formula is C30H34N6O4. The number of H-pyrrole nitrogens is 2. The number of nitrogens with zero attached hydrogens (tertiary/aromatic N) is 3. The molecule has 2 aromatic carbocycles. The number of rotatable bonds is 8. The van der Waals surface area contributed by atoms with Gasteiger partial charge in [-0.05, 0) is 69.7 Å². The minimum atomic E-state index is -0.799. The molecule has 40 heavy (non-hydrogen) atoms. The van der Waals surface area contributed by atoms with Crippen molar-refractivity contribution >= 4 is 27.5 Å². The summed E-state index contributed by atoms with van der Waals surface area (Å²) >= 11 is 0. The molecule has 0 unspecified atom stereocenters. The fourth-order valence-electron chi connectivity index (χ4n) is 5.45. The SMILES string of the molecule is Cc1ccccc1OC[C@H](O)CNc1cc[nH]c(=O)c1-c1nc2cc3c(O)n(C4CCN(C)CC4)cc3cc2[nH]1. The van der Waals surface area contributed by atoms with Crippen molar-refractivity contribution in [2.45, 2.75) is 31.9 Å². The summed E-state index contributed by atoms with van der Waals surface area (Å²) in [5.41, 5.74) is 2.99. The third-order valence-electron chi connectivity index (χ3n) is 7.75. The molecule has 1 atom stereocenters. The second-order valence-electron chi connectivity index (χ2n) is 10.6. The highest BCUT2D eigenvalue weighted by Gasteiger charge is 2.23. The molecule has 0 radical (unpaired) electrons. The van der Waals surface area contributed by atoms with Crippen molar-refractivity contribution in [3.63, 3.8) is 0 Å². The van der Waals surface area contributed by atoms with Gasteiger partial charge in [-0.2, -0.15) is 0 Å². The van der Waals surface area contributed by atoms with Crippen molar-refractivity contribution in [2.75, 3.05) is 38.6 Å². The van der Waals surface area contributed by atoms with Gasteiger partial charge in [-0.3, -0.25) is 4.79 Å². The van der Waals surface area contributed by atoms with Gasteiger partial charge in [-0.25, -0.2) is 4.98 Å². The number of aromatic hydroxyl groups is 1. The second kappa shape index (κ2) is 10.7. The molecule has 4 heterocycles. The van der Waals surface area contributed by atoms with Gasteiger partial charge in [0.2, 0.25) is 0 Å². The minimum Gasteiger partial charge on any atom is -0.494 e. The van der Waals surface area contributed by atoms with E-state index in [-0.39, 0.29) is 30.6 Å². The number of pyridine rings is 1. The van der Waals surface area contributed by atoms with Crippen molar-refractivity contribution in [1.29, 1.82) is 0 Å². The Labute approximate surface area is 231 Å². The van der Waals surface area contributed by atoms with Crippen LogP contribution < -0.4 is 15.6 Å². The first kappa shape index (κ1) is 26.0. The topological polar surface area (TPSA) is 131 Å². The van der Waals surface area contributed by atoms with Crippen LogP contribution in [0.4, 0.5) is 5.69 Å². The Morgan fingerprint density at radius 1 is 1.20 bits per heavy atom. The number of likely N-dealkylation sites (tertiary alicyclic amines) is 1. The van der Waals surface area contributed by atoms with E-state index >= 15 is 0 Å². The van der Waals surface area contributed by atoms with Gasteiger partial charge in [-0.1, -0.05) is 18.2 Å². The predicted octanol–water partition coefficient (Wildman–Crippen LogP) is 4.01. The maximum atomic E-state index is 12.9. The molecule has 0 spiro atoms. The number of hydrogen-bond acceptors (Lipinski definition) is 7. The molecule has 0 amide bonds. The number of benzene rings is 2. The van der Waals surface area contributed by atoms with Crippen LogP contribution in [0, 0.1) is 6.92 Å². The first-order valence-corrected chi connectivity index (χ1v) is 13.6. The predicted molar refractivity (Wildman–Crippen MR) is 156 cm³/mol. The lowest BCUT2D eigenvalue weighted by atomic mass is 10.1. The molecule has 0 aliphatic carbocycles. The summed E-state index contributed by atoms with van der Waals surface area (Å²) in [7, 11) is 2.12. The van der Waals surface area contributed by atoms with E-state index in [1.165, 1.54) is 0 Å². The van der Waals surface area contributed by atoms with Crippen LogP contribution in [-0.2, 0) is 0 Å². The quantitative estimate of drug-likeness (QED) is 0.200. The number of aliphatic hydroxyl groups is 1. The second-order valence-corrected chi connectivity index (χ2v) is 10.6. The molecule has 5 N–H and O–H groups in total. The number of ether oxygens (including phenoxy) is 1. The number of nitrogens with one attached hydrogen (secondary N) is 3. The van der Waals surface area contributed by atoms with Gasteiger partial charge >= 0.3 is 0 Å². The number of piperidine rings is 1. The highest BCUT2D eigenvalue weighted by Crippen LogP contribution is 2.36. The molecule has 0 bridgehead atoms. The van der Waals surface area contributed by atoms with E-state index in [4.69, 9.17) is 9.72 Å². The van der Waals surface area contributed by atoms with E-state index in [1.54, 1.807) is 12.3 Å². The van der Waals surface area contributed by atoms with Crippen molar-refractivity contribution in [3.8, 4) is 23.0 Å². The molecule has 1 aliphatic heterocycles. The maximum Gasteiger partial charge on any atom is 0.261 e. The smallest absolute Gasteiger partial charge is 0.261 e. The number of aromatic amines is 2. The lowest BCUT2D eigenvalue weighted by molar-refractivity contribution is 0.117. The normalized spacial score (nSPS) is 15.6. The molecule has 208 valence electrons. The standard InChI is InChI=1S/C30H34N6O4/c1-18-5-3-4-6-26(18)40-17-21(37)15-32-23-7-10-31-29(38)27(23)28-33-24-13-19-16-36(20-8-11-35(2)12-9-20)30(39)22(19)14-25(24)34-28/h3-7,10,13-14,16,20-21,37,39H,8-9,11-12,15,17H2,1-2H3,(H,33,34)(H2,31,32,38)/t21-/m1/s1. The number of imidazole rings is 1. The molecule has 1 aliphatic rings. The largest absolute Gasteiger partial charge is 0.494 e. The summed E-state index contributed by atoms with van der Waals surface area (Å²) < 4.78 is 7.74. The first-order valence-electron chi connectivity index (χ1n) is 13.6. The fourth-order valence-corrected chi connectivity index (χ4v) is 5.45. The molecule has 1 saturated heterocycles. The average molecular weight is 543 g/mol. The molecule has 10 heteroatoms. The van der Waals surface area contributed by atoms with E-state index in [2.05, 4.69) is 27.2 Å². The maximum absolute atomic E-state index is 12.9. The third kappa shape index (κ3) is 5.03. The zero-order chi connectivity index (χ0) is 27.8. The summed E-state index contributed by atoms with van der Waals surface area (Å²) in [4.78, 5) is 25.9. The molecule has 5 aromatic rings. The van der Waals surface area contributed by atoms with Gasteiger partial charge in [0.1, 0.15) is 29.8 Å². The van der Waals surface area contributed by atoms with Gasteiger partial charge < -0.3 is 39.7 Å². The van der Waals surface area contributed by atoms with Crippen LogP contribution in [0.2, 0.25) is 0 Å². The molecular weight excluding hydrogens is 508 g/mol.